The van der Waals surface area contributed by atoms with Crippen LogP contribution in [0.1, 0.15) is 19.8 Å². The molecule has 10 heavy (non-hydrogen) atoms. The molecule has 0 fully saturated rings. The van der Waals surface area contributed by atoms with E-state index < -0.39 is 0 Å². The number of halogens is 1. The van der Waals surface area contributed by atoms with Gasteiger partial charge in [0.2, 0.25) is 0 Å². The summed E-state index contributed by atoms with van der Waals surface area (Å²) in [6.45, 7) is 2.74. The Labute approximate surface area is 65.9 Å². The van der Waals surface area contributed by atoms with E-state index in [1.54, 1.807) is 0 Å². The van der Waals surface area contributed by atoms with Gasteiger partial charge in [0.1, 0.15) is 0 Å². The normalized spacial score (nSPS) is 7.80. The van der Waals surface area contributed by atoms with Gasteiger partial charge < -0.3 is 5.32 Å². The van der Waals surface area contributed by atoms with Crippen molar-refractivity contribution in [3.8, 4) is 11.3 Å². The van der Waals surface area contributed by atoms with Crippen molar-refractivity contribution in [1.82, 2.24) is 5.32 Å². The summed E-state index contributed by atoms with van der Waals surface area (Å²) >= 11 is 4.99. The van der Waals surface area contributed by atoms with Crippen LogP contribution in [0.3, 0.4) is 0 Å². The van der Waals surface area contributed by atoms with Crippen molar-refractivity contribution in [3.63, 3.8) is 0 Å². The van der Waals surface area contributed by atoms with Gasteiger partial charge in [0, 0.05) is 17.8 Å². The first-order chi connectivity index (χ1) is 4.81. The van der Waals surface area contributed by atoms with Gasteiger partial charge in [0.15, 0.2) is 0 Å². The molecule has 1 N–H and O–H groups in total. The van der Waals surface area contributed by atoms with Gasteiger partial charge in [0.25, 0.3) is 5.91 Å². The highest BCUT2D eigenvalue weighted by Crippen LogP contribution is 1.81. The van der Waals surface area contributed by atoms with Gasteiger partial charge in [-0.05, 0) is 18.0 Å². The Balaban J connectivity index is 3.28. The summed E-state index contributed by atoms with van der Waals surface area (Å²) in [5.41, 5.74) is 0. The van der Waals surface area contributed by atoms with Gasteiger partial charge in [-0.15, -0.1) is 0 Å². The molecule has 0 bridgehead atoms. The Morgan fingerprint density at radius 1 is 1.70 bits per heavy atom. The van der Waals surface area contributed by atoms with Crippen molar-refractivity contribution in [2.24, 2.45) is 0 Å². The molecule has 0 saturated carbocycles. The average molecular weight is 160 g/mol. The molecule has 0 aromatic rings. The molecule has 0 aromatic carbocycles. The molecule has 0 saturated heterocycles. The number of nitrogens with one attached hydrogen (secondary N) is 1. The van der Waals surface area contributed by atoms with Crippen LogP contribution in [0, 0.1) is 11.3 Å². The molecule has 3 heteroatoms. The summed E-state index contributed by atoms with van der Waals surface area (Å²) in [6, 6.07) is 0. The first kappa shape index (κ1) is 9.32. The highest BCUT2D eigenvalue weighted by molar-refractivity contribution is 6.31. The Bertz CT molecular complexity index is 157. The van der Waals surface area contributed by atoms with Crippen molar-refractivity contribution in [3.05, 3.63) is 0 Å². The predicted molar refractivity (Wildman–Crippen MR) is 41.5 cm³/mol. The predicted octanol–water partition coefficient (Wildman–Crippen LogP) is 1.10. The van der Waals surface area contributed by atoms with E-state index in [4.69, 9.17) is 11.6 Å². The minimum atomic E-state index is -0.302. The number of carbonyl (C=O) groups is 1. The Kier molecular flexibility index (Phi) is 6.00. The van der Waals surface area contributed by atoms with Crippen molar-refractivity contribution in [2.45, 2.75) is 19.8 Å². The van der Waals surface area contributed by atoms with Crippen molar-refractivity contribution in [1.29, 1.82) is 0 Å². The first-order valence-electron chi connectivity index (χ1n) is 3.20. The first-order valence-corrected chi connectivity index (χ1v) is 3.58. The maximum Gasteiger partial charge on any atom is 0.297 e. The molecule has 0 spiro atoms. The fourth-order valence-electron chi connectivity index (χ4n) is 0.466. The van der Waals surface area contributed by atoms with Crippen molar-refractivity contribution >= 4 is 17.5 Å². The van der Waals surface area contributed by atoms with E-state index in [0.29, 0.717) is 6.54 Å². The molecule has 0 radical (unpaired) electrons. The highest BCUT2D eigenvalue weighted by atomic mass is 35.5. The number of hydrogen-bond acceptors (Lipinski definition) is 1. The van der Waals surface area contributed by atoms with E-state index in [1.807, 2.05) is 5.38 Å². The van der Waals surface area contributed by atoms with Gasteiger partial charge in [0.05, 0.1) is 0 Å². The third-order valence-corrected chi connectivity index (χ3v) is 1.07. The second-order valence-electron chi connectivity index (χ2n) is 1.83. The second kappa shape index (κ2) is 6.44. The van der Waals surface area contributed by atoms with Crippen molar-refractivity contribution < 1.29 is 4.79 Å². The molecule has 0 heterocycles. The molecule has 0 aliphatic carbocycles. The zero-order chi connectivity index (χ0) is 7.82. The van der Waals surface area contributed by atoms with Gasteiger partial charge in [-0.25, -0.2) is 0 Å². The zero-order valence-corrected chi connectivity index (χ0v) is 6.66. The van der Waals surface area contributed by atoms with Crippen LogP contribution in [0.5, 0.6) is 0 Å². The van der Waals surface area contributed by atoms with Crippen LogP contribution in [0.2, 0.25) is 0 Å². The summed E-state index contributed by atoms with van der Waals surface area (Å²) in [6.07, 6.45) is 2.05. The molecule has 0 aliphatic rings. The molecular formula is C7H10ClNO. The topological polar surface area (TPSA) is 29.1 Å². The fraction of sp³-hybridized carbons (Fsp3) is 0.571. The molecule has 0 atom stereocenters. The Morgan fingerprint density at radius 3 is 2.90 bits per heavy atom. The van der Waals surface area contributed by atoms with Gasteiger partial charge in [-0.3, -0.25) is 4.79 Å². The SMILES string of the molecule is CCCCNC(=O)C#CCl. The molecule has 0 aliphatic heterocycles. The lowest BCUT2D eigenvalue weighted by molar-refractivity contribution is -0.115. The number of hydrogen-bond donors (Lipinski definition) is 1. The van der Waals surface area contributed by atoms with E-state index >= 15 is 0 Å². The van der Waals surface area contributed by atoms with Crippen LogP contribution in [-0.4, -0.2) is 12.5 Å². The largest absolute Gasteiger partial charge is 0.345 e. The highest BCUT2D eigenvalue weighted by Gasteiger charge is 1.90. The quantitative estimate of drug-likeness (QED) is 0.485. The van der Waals surface area contributed by atoms with E-state index in [9.17, 15) is 4.79 Å². The van der Waals surface area contributed by atoms with Gasteiger partial charge in [-0.1, -0.05) is 13.3 Å². The third kappa shape index (κ3) is 5.46. The van der Waals surface area contributed by atoms with E-state index in [1.165, 1.54) is 0 Å². The fourth-order valence-corrected chi connectivity index (χ4v) is 0.552. The Hall–Kier alpha value is -0.680. The lowest BCUT2D eigenvalue weighted by atomic mass is 10.3. The number of carbonyl (C=O) groups excluding carboxylic acids is 1. The average Bonchev–Trinajstić information content (AvgIpc) is 1.89. The second-order valence-corrected chi connectivity index (χ2v) is 2.02. The summed E-state index contributed by atoms with van der Waals surface area (Å²) in [5.74, 6) is 1.87. The monoisotopic (exact) mass is 159 g/mol. The maximum absolute atomic E-state index is 10.5. The number of amides is 1. The van der Waals surface area contributed by atoms with Crippen LogP contribution in [0.15, 0.2) is 0 Å². The zero-order valence-electron chi connectivity index (χ0n) is 5.91. The minimum absolute atomic E-state index is 0.302. The van der Waals surface area contributed by atoms with E-state index in [2.05, 4.69) is 18.2 Å². The van der Waals surface area contributed by atoms with Crippen LogP contribution < -0.4 is 5.32 Å². The summed E-state index contributed by atoms with van der Waals surface area (Å²) in [5, 5.41) is 4.59. The van der Waals surface area contributed by atoms with E-state index in [0.717, 1.165) is 12.8 Å². The number of rotatable bonds is 3. The third-order valence-electron chi connectivity index (χ3n) is 0.977. The standard InChI is InChI=1S/C7H10ClNO/c1-2-3-6-9-7(10)4-5-8/h2-3,6H2,1H3,(H,9,10). The van der Waals surface area contributed by atoms with Crippen molar-refractivity contribution in [2.75, 3.05) is 6.54 Å². The molecular weight excluding hydrogens is 150 g/mol. The minimum Gasteiger partial charge on any atom is -0.345 e. The van der Waals surface area contributed by atoms with Crippen LogP contribution in [-0.2, 0) is 4.79 Å². The molecule has 0 rings (SSSR count). The van der Waals surface area contributed by atoms with E-state index in [-0.39, 0.29) is 5.91 Å². The maximum atomic E-state index is 10.5. The van der Waals surface area contributed by atoms with Crippen LogP contribution >= 0.6 is 11.6 Å². The lowest BCUT2D eigenvalue weighted by Crippen LogP contribution is -2.22. The Morgan fingerprint density at radius 2 is 2.40 bits per heavy atom. The molecule has 0 unspecified atom stereocenters. The summed E-state index contributed by atoms with van der Waals surface area (Å²) < 4.78 is 0. The number of unbranched alkanes of at least 4 members (excludes halogenated alkanes) is 1. The molecule has 2 nitrogen and oxygen atoms in total. The molecule has 0 aromatic heterocycles. The lowest BCUT2D eigenvalue weighted by Gasteiger charge is -1.95. The summed E-state index contributed by atoms with van der Waals surface area (Å²) in [4.78, 5) is 10.5. The van der Waals surface area contributed by atoms with Gasteiger partial charge >= 0.3 is 0 Å². The van der Waals surface area contributed by atoms with Gasteiger partial charge in [-0.2, -0.15) is 0 Å². The van der Waals surface area contributed by atoms with Crippen LogP contribution in [0.4, 0.5) is 0 Å². The van der Waals surface area contributed by atoms with Crippen LogP contribution in [0.25, 0.3) is 0 Å². The summed E-state index contributed by atoms with van der Waals surface area (Å²) in [7, 11) is 0. The molecule has 56 valence electrons. The smallest absolute Gasteiger partial charge is 0.297 e. The molecule has 1 amide bonds.